The highest BCUT2D eigenvalue weighted by atomic mass is 16.2. The third-order valence-electron chi connectivity index (χ3n) is 5.11. The molecule has 24 heavy (non-hydrogen) atoms. The maximum absolute atomic E-state index is 12.3. The summed E-state index contributed by atoms with van der Waals surface area (Å²) in [4.78, 5) is 27.3. The maximum Gasteiger partial charge on any atom is 0.314 e. The SMILES string of the molecule is C[C@H]1CCc2ccccc2N1CCC(=O)N[C@H]1CCN(C(N)=O)C1. The lowest BCUT2D eigenvalue weighted by atomic mass is 9.96. The van der Waals surface area contributed by atoms with Crippen LogP contribution < -0.4 is 16.0 Å². The number of hydrogen-bond acceptors (Lipinski definition) is 3. The van der Waals surface area contributed by atoms with Crippen molar-refractivity contribution in [3.05, 3.63) is 29.8 Å². The normalized spacial score (nSPS) is 23.0. The number of aryl methyl sites for hydroxylation is 1. The summed E-state index contributed by atoms with van der Waals surface area (Å²) < 4.78 is 0. The Balaban J connectivity index is 1.52. The molecule has 2 atom stereocenters. The predicted octanol–water partition coefficient (Wildman–Crippen LogP) is 1.49. The topological polar surface area (TPSA) is 78.7 Å². The van der Waals surface area contributed by atoms with E-state index in [9.17, 15) is 9.59 Å². The van der Waals surface area contributed by atoms with Gasteiger partial charge in [-0.25, -0.2) is 4.79 Å². The van der Waals surface area contributed by atoms with Gasteiger partial charge in [0.2, 0.25) is 5.91 Å². The number of benzene rings is 1. The van der Waals surface area contributed by atoms with Gasteiger partial charge in [0.1, 0.15) is 0 Å². The molecule has 0 aromatic heterocycles. The second-order valence-electron chi connectivity index (χ2n) is 6.80. The number of fused-ring (bicyclic) bond motifs is 1. The summed E-state index contributed by atoms with van der Waals surface area (Å²) >= 11 is 0. The van der Waals surface area contributed by atoms with Gasteiger partial charge in [0.05, 0.1) is 0 Å². The summed E-state index contributed by atoms with van der Waals surface area (Å²) in [7, 11) is 0. The Morgan fingerprint density at radius 1 is 1.29 bits per heavy atom. The van der Waals surface area contributed by atoms with Crippen LogP contribution in [0.5, 0.6) is 0 Å². The largest absolute Gasteiger partial charge is 0.368 e. The van der Waals surface area contributed by atoms with Crippen molar-refractivity contribution in [2.75, 3.05) is 24.5 Å². The molecule has 3 rings (SSSR count). The Bertz CT molecular complexity index is 619. The molecular formula is C18H26N4O2. The van der Waals surface area contributed by atoms with Gasteiger partial charge in [-0.05, 0) is 37.8 Å². The molecule has 3 amide bonds. The van der Waals surface area contributed by atoms with Crippen molar-refractivity contribution in [1.29, 1.82) is 0 Å². The van der Waals surface area contributed by atoms with E-state index in [2.05, 4.69) is 41.4 Å². The van der Waals surface area contributed by atoms with Gasteiger partial charge < -0.3 is 20.9 Å². The van der Waals surface area contributed by atoms with Gasteiger partial charge >= 0.3 is 6.03 Å². The molecule has 0 unspecified atom stereocenters. The lowest BCUT2D eigenvalue weighted by Gasteiger charge is -2.37. The van der Waals surface area contributed by atoms with E-state index in [4.69, 9.17) is 5.73 Å². The van der Waals surface area contributed by atoms with Gasteiger partial charge in [-0.2, -0.15) is 0 Å². The van der Waals surface area contributed by atoms with E-state index in [1.165, 1.54) is 11.3 Å². The highest BCUT2D eigenvalue weighted by molar-refractivity contribution is 5.77. The van der Waals surface area contributed by atoms with Crippen LogP contribution in [0.4, 0.5) is 10.5 Å². The fourth-order valence-corrected chi connectivity index (χ4v) is 3.70. The highest BCUT2D eigenvalue weighted by Gasteiger charge is 2.27. The number of carbonyl (C=O) groups excluding carboxylic acids is 2. The number of nitrogens with two attached hydrogens (primary N) is 1. The third kappa shape index (κ3) is 3.63. The van der Waals surface area contributed by atoms with Gasteiger partial charge in [-0.15, -0.1) is 0 Å². The summed E-state index contributed by atoms with van der Waals surface area (Å²) in [5, 5.41) is 3.03. The fourth-order valence-electron chi connectivity index (χ4n) is 3.70. The average Bonchev–Trinajstić information content (AvgIpc) is 3.02. The van der Waals surface area contributed by atoms with E-state index in [0.717, 1.165) is 25.8 Å². The zero-order chi connectivity index (χ0) is 17.1. The molecule has 2 heterocycles. The number of rotatable bonds is 4. The van der Waals surface area contributed by atoms with E-state index >= 15 is 0 Å². The number of urea groups is 1. The molecule has 1 saturated heterocycles. The molecule has 0 aliphatic carbocycles. The van der Waals surface area contributed by atoms with E-state index < -0.39 is 6.03 Å². The van der Waals surface area contributed by atoms with Crippen LogP contribution in [0.2, 0.25) is 0 Å². The molecule has 0 spiro atoms. The average molecular weight is 330 g/mol. The number of nitrogens with zero attached hydrogens (tertiary/aromatic N) is 2. The number of para-hydroxylation sites is 1. The minimum absolute atomic E-state index is 0.0241. The van der Waals surface area contributed by atoms with Crippen molar-refractivity contribution in [1.82, 2.24) is 10.2 Å². The Labute approximate surface area is 143 Å². The summed E-state index contributed by atoms with van der Waals surface area (Å²) in [6.07, 6.45) is 3.46. The molecule has 2 aliphatic heterocycles. The lowest BCUT2D eigenvalue weighted by molar-refractivity contribution is -0.121. The zero-order valence-electron chi connectivity index (χ0n) is 14.2. The second-order valence-corrected chi connectivity index (χ2v) is 6.80. The standard InChI is InChI=1S/C18H26N4O2/c1-13-6-7-14-4-2-3-5-16(14)22(13)11-9-17(23)20-15-8-10-21(12-15)18(19)24/h2-5,13,15H,6-12H2,1H3,(H2,19,24)(H,20,23)/t13-,15-/m0/s1. The molecular weight excluding hydrogens is 304 g/mol. The van der Waals surface area contributed by atoms with Crippen LogP contribution >= 0.6 is 0 Å². The number of nitrogens with one attached hydrogen (secondary N) is 1. The van der Waals surface area contributed by atoms with Gasteiger partial charge in [-0.1, -0.05) is 18.2 Å². The van der Waals surface area contributed by atoms with Gasteiger partial charge in [0.25, 0.3) is 0 Å². The number of carbonyl (C=O) groups is 2. The fraction of sp³-hybridized carbons (Fsp3) is 0.556. The minimum atomic E-state index is -0.412. The molecule has 6 heteroatoms. The zero-order valence-corrected chi connectivity index (χ0v) is 14.2. The Hall–Kier alpha value is -2.24. The number of likely N-dealkylation sites (tertiary alicyclic amines) is 1. The molecule has 1 aromatic rings. The number of primary amides is 1. The van der Waals surface area contributed by atoms with Crippen LogP contribution in [0.1, 0.15) is 31.7 Å². The summed E-state index contributed by atoms with van der Waals surface area (Å²) in [6.45, 7) is 4.08. The summed E-state index contributed by atoms with van der Waals surface area (Å²) in [5.41, 5.74) is 7.89. The highest BCUT2D eigenvalue weighted by Crippen LogP contribution is 2.30. The molecule has 1 aromatic carbocycles. The van der Waals surface area contributed by atoms with Crippen LogP contribution in [0.3, 0.4) is 0 Å². The molecule has 2 aliphatic rings. The van der Waals surface area contributed by atoms with Crippen LogP contribution in [-0.2, 0) is 11.2 Å². The minimum Gasteiger partial charge on any atom is -0.368 e. The lowest BCUT2D eigenvalue weighted by Crippen LogP contribution is -2.43. The van der Waals surface area contributed by atoms with Crippen molar-refractivity contribution in [2.24, 2.45) is 5.73 Å². The van der Waals surface area contributed by atoms with Crippen LogP contribution in [0.15, 0.2) is 24.3 Å². The molecule has 3 N–H and O–H groups in total. The number of anilines is 1. The predicted molar refractivity (Wildman–Crippen MR) is 93.9 cm³/mol. The quantitative estimate of drug-likeness (QED) is 0.878. The van der Waals surface area contributed by atoms with E-state index in [-0.39, 0.29) is 11.9 Å². The Morgan fingerprint density at radius 2 is 2.08 bits per heavy atom. The van der Waals surface area contributed by atoms with Crippen molar-refractivity contribution < 1.29 is 9.59 Å². The van der Waals surface area contributed by atoms with Gasteiger partial charge in [0, 0.05) is 43.8 Å². The molecule has 0 bridgehead atoms. The first-order valence-corrected chi connectivity index (χ1v) is 8.73. The summed E-state index contributed by atoms with van der Waals surface area (Å²) in [5.74, 6) is 0.0431. The van der Waals surface area contributed by atoms with Crippen molar-refractivity contribution >= 4 is 17.6 Å². The first kappa shape index (κ1) is 16.6. The number of hydrogen-bond donors (Lipinski definition) is 2. The first-order valence-electron chi connectivity index (χ1n) is 8.73. The Kier molecular flexibility index (Phi) is 4.92. The smallest absolute Gasteiger partial charge is 0.314 e. The van der Waals surface area contributed by atoms with Crippen molar-refractivity contribution in [3.8, 4) is 0 Å². The number of amides is 3. The molecule has 1 fully saturated rings. The molecule has 6 nitrogen and oxygen atoms in total. The van der Waals surface area contributed by atoms with Crippen LogP contribution in [-0.4, -0.2) is 48.6 Å². The third-order valence-corrected chi connectivity index (χ3v) is 5.11. The maximum atomic E-state index is 12.3. The second kappa shape index (κ2) is 7.11. The van der Waals surface area contributed by atoms with Gasteiger partial charge in [0.15, 0.2) is 0 Å². The molecule has 0 saturated carbocycles. The van der Waals surface area contributed by atoms with Gasteiger partial charge in [-0.3, -0.25) is 4.79 Å². The molecule has 0 radical (unpaired) electrons. The van der Waals surface area contributed by atoms with E-state index in [1.54, 1.807) is 4.90 Å². The van der Waals surface area contributed by atoms with E-state index in [0.29, 0.717) is 25.6 Å². The molecule has 130 valence electrons. The summed E-state index contributed by atoms with van der Waals surface area (Å²) in [6, 6.07) is 8.51. The Morgan fingerprint density at radius 3 is 2.83 bits per heavy atom. The van der Waals surface area contributed by atoms with Crippen molar-refractivity contribution in [2.45, 2.75) is 44.7 Å². The first-order chi connectivity index (χ1) is 11.5. The van der Waals surface area contributed by atoms with Crippen LogP contribution in [0.25, 0.3) is 0 Å². The van der Waals surface area contributed by atoms with Crippen molar-refractivity contribution in [3.63, 3.8) is 0 Å². The van der Waals surface area contributed by atoms with Crippen LogP contribution in [0, 0.1) is 0 Å². The monoisotopic (exact) mass is 330 g/mol. The van der Waals surface area contributed by atoms with E-state index in [1.807, 2.05) is 0 Å².